The van der Waals surface area contributed by atoms with E-state index in [1.807, 2.05) is 54.9 Å². The summed E-state index contributed by atoms with van der Waals surface area (Å²) in [4.78, 5) is 23.9. The quantitative estimate of drug-likeness (QED) is 0.360. The molecule has 6 rings (SSSR count). The van der Waals surface area contributed by atoms with Crippen LogP contribution in [-0.2, 0) is 7.05 Å². The summed E-state index contributed by atoms with van der Waals surface area (Å²) in [7, 11) is 3.76. The van der Waals surface area contributed by atoms with Crippen LogP contribution in [0.15, 0.2) is 55.2 Å². The van der Waals surface area contributed by atoms with E-state index in [1.54, 1.807) is 24.5 Å². The molecular formula is C26H26FN9O. The van der Waals surface area contributed by atoms with Crippen molar-refractivity contribution >= 4 is 39.5 Å². The van der Waals surface area contributed by atoms with E-state index in [0.717, 1.165) is 33.8 Å². The summed E-state index contributed by atoms with van der Waals surface area (Å²) in [6.07, 6.45) is 3.90. The van der Waals surface area contributed by atoms with Gasteiger partial charge in [0.2, 0.25) is 5.95 Å². The number of fused-ring (bicyclic) bond motifs is 2. The molecule has 0 radical (unpaired) electrons. The van der Waals surface area contributed by atoms with Crippen LogP contribution in [-0.4, -0.2) is 61.8 Å². The number of hydrogen-bond acceptors (Lipinski definition) is 9. The Morgan fingerprint density at radius 3 is 2.78 bits per heavy atom. The molecule has 0 bridgehead atoms. The third-order valence-corrected chi connectivity index (χ3v) is 6.65. The molecule has 11 heteroatoms. The summed E-state index contributed by atoms with van der Waals surface area (Å²) in [6, 6.07) is 11.3. The zero-order chi connectivity index (χ0) is 25.5. The van der Waals surface area contributed by atoms with E-state index in [2.05, 4.69) is 35.6 Å². The number of anilines is 3. The second-order valence-electron chi connectivity index (χ2n) is 9.19. The van der Waals surface area contributed by atoms with Crippen molar-refractivity contribution in [2.75, 3.05) is 30.4 Å². The number of benzene rings is 2. The first kappa shape index (κ1) is 23.0. The van der Waals surface area contributed by atoms with E-state index >= 15 is 0 Å². The third-order valence-electron chi connectivity index (χ3n) is 6.65. The number of alkyl halides is 1. The number of nitrogens with zero attached hydrogens (tertiary/aromatic N) is 7. The average Bonchev–Trinajstić information content (AvgIpc) is 3.50. The second kappa shape index (κ2) is 9.25. The lowest BCUT2D eigenvalue weighted by molar-refractivity contribution is 0.325. The molecule has 0 spiro atoms. The predicted octanol–water partition coefficient (Wildman–Crippen LogP) is 3.90. The molecular weight excluding hydrogens is 473 g/mol. The highest BCUT2D eigenvalue weighted by molar-refractivity contribution is 5.87. The Hall–Kier alpha value is -4.38. The number of aromatic nitrogens is 6. The maximum absolute atomic E-state index is 14.3. The van der Waals surface area contributed by atoms with Gasteiger partial charge in [0.1, 0.15) is 35.0 Å². The summed E-state index contributed by atoms with van der Waals surface area (Å²) in [5.41, 5.74) is 4.85. The Kier molecular flexibility index (Phi) is 5.76. The number of likely N-dealkylation sites (N-methyl/N-ethyl adjacent to an activating group) is 1. The van der Waals surface area contributed by atoms with Crippen LogP contribution in [0.3, 0.4) is 0 Å². The molecule has 2 N–H and O–H groups in total. The minimum Gasteiger partial charge on any atom is -0.457 e. The lowest BCUT2D eigenvalue weighted by atomic mass is 10.2. The highest BCUT2D eigenvalue weighted by atomic mass is 19.1. The zero-order valence-corrected chi connectivity index (χ0v) is 20.7. The van der Waals surface area contributed by atoms with Gasteiger partial charge in [-0.25, -0.2) is 29.3 Å². The fourth-order valence-electron chi connectivity index (χ4n) is 4.55. The minimum absolute atomic E-state index is 0.327. The first-order valence-corrected chi connectivity index (χ1v) is 12.0. The molecule has 1 aliphatic heterocycles. The summed E-state index contributed by atoms with van der Waals surface area (Å²) < 4.78 is 22.4. The number of nitrogens with one attached hydrogen (secondary N) is 2. The van der Waals surface area contributed by atoms with Gasteiger partial charge in [-0.2, -0.15) is 0 Å². The number of hydrogen-bond donors (Lipinski definition) is 2. The van der Waals surface area contributed by atoms with Crippen LogP contribution in [0.2, 0.25) is 0 Å². The molecule has 37 heavy (non-hydrogen) atoms. The molecule has 2 aromatic carbocycles. The van der Waals surface area contributed by atoms with E-state index < -0.39 is 6.17 Å². The lowest BCUT2D eigenvalue weighted by Gasteiger charge is -2.25. The lowest BCUT2D eigenvalue weighted by Crippen LogP contribution is -2.40. The van der Waals surface area contributed by atoms with E-state index in [0.29, 0.717) is 35.9 Å². The highest BCUT2D eigenvalue weighted by Gasteiger charge is 2.31. The first-order chi connectivity index (χ1) is 18.0. The molecule has 4 heterocycles. The van der Waals surface area contributed by atoms with Gasteiger partial charge in [-0.1, -0.05) is 0 Å². The Balaban J connectivity index is 1.24. The molecule has 0 aliphatic carbocycles. The van der Waals surface area contributed by atoms with Crippen LogP contribution in [0.4, 0.5) is 21.8 Å². The molecule has 0 amide bonds. The van der Waals surface area contributed by atoms with Crippen LogP contribution in [0.25, 0.3) is 22.1 Å². The van der Waals surface area contributed by atoms with Crippen LogP contribution in [0, 0.1) is 6.92 Å². The molecule has 0 unspecified atom stereocenters. The molecule has 1 saturated heterocycles. The smallest absolute Gasteiger partial charge is 0.226 e. The van der Waals surface area contributed by atoms with E-state index in [1.165, 1.54) is 6.33 Å². The number of halogens is 1. The Morgan fingerprint density at radius 2 is 1.97 bits per heavy atom. The number of ether oxygens (including phenoxy) is 1. The van der Waals surface area contributed by atoms with Gasteiger partial charge in [-0.05, 0) is 42.8 Å². The number of aryl methyl sites for hydroxylation is 2. The van der Waals surface area contributed by atoms with Gasteiger partial charge in [-0.15, -0.1) is 0 Å². The van der Waals surface area contributed by atoms with Gasteiger partial charge in [0.15, 0.2) is 5.82 Å². The van der Waals surface area contributed by atoms with E-state index in [4.69, 9.17) is 4.74 Å². The van der Waals surface area contributed by atoms with Crippen molar-refractivity contribution in [3.8, 4) is 11.5 Å². The third kappa shape index (κ3) is 4.38. The van der Waals surface area contributed by atoms with Crippen molar-refractivity contribution in [1.82, 2.24) is 34.8 Å². The Morgan fingerprint density at radius 1 is 1.08 bits per heavy atom. The predicted molar refractivity (Wildman–Crippen MR) is 140 cm³/mol. The fraction of sp³-hybridized carbons (Fsp3) is 0.269. The zero-order valence-electron chi connectivity index (χ0n) is 20.7. The standard InChI is InChI=1S/C26H26FN9O/c1-15-8-16(4-7-23(15)37-17-5-6-21-19(9-17)32-14-35(21)2)33-25-24-20(30-13-31-25)11-29-26(34-24)36(3)22-12-28-10-18(22)27/h4-9,11,13-14,18,22,28H,10,12H2,1-3H3,(H,30,31,33)/t18-,22+/m0/s1. The second-order valence-corrected chi connectivity index (χ2v) is 9.19. The summed E-state index contributed by atoms with van der Waals surface area (Å²) >= 11 is 0. The van der Waals surface area contributed by atoms with Gasteiger partial charge >= 0.3 is 0 Å². The van der Waals surface area contributed by atoms with Gasteiger partial charge in [0.25, 0.3) is 0 Å². The molecule has 1 aliphatic rings. The van der Waals surface area contributed by atoms with Gasteiger partial charge in [-0.3, -0.25) is 0 Å². The van der Waals surface area contributed by atoms with Crippen molar-refractivity contribution in [3.05, 3.63) is 60.8 Å². The van der Waals surface area contributed by atoms with Gasteiger partial charge in [0.05, 0.1) is 29.6 Å². The van der Waals surface area contributed by atoms with Crippen molar-refractivity contribution < 1.29 is 9.13 Å². The molecule has 10 nitrogen and oxygen atoms in total. The van der Waals surface area contributed by atoms with Crippen molar-refractivity contribution in [2.45, 2.75) is 19.1 Å². The molecule has 188 valence electrons. The van der Waals surface area contributed by atoms with Crippen molar-refractivity contribution in [2.24, 2.45) is 7.05 Å². The fourth-order valence-corrected chi connectivity index (χ4v) is 4.55. The Labute approximate surface area is 212 Å². The summed E-state index contributed by atoms with van der Waals surface area (Å²) in [5.74, 6) is 2.42. The van der Waals surface area contributed by atoms with Crippen molar-refractivity contribution in [1.29, 1.82) is 0 Å². The molecule has 2 atom stereocenters. The monoisotopic (exact) mass is 499 g/mol. The van der Waals surface area contributed by atoms with Crippen LogP contribution < -0.4 is 20.3 Å². The topological polar surface area (TPSA) is 106 Å². The van der Waals surface area contributed by atoms with Crippen LogP contribution >= 0.6 is 0 Å². The first-order valence-electron chi connectivity index (χ1n) is 12.0. The van der Waals surface area contributed by atoms with Gasteiger partial charge < -0.3 is 24.8 Å². The Bertz CT molecular complexity index is 1600. The summed E-state index contributed by atoms with van der Waals surface area (Å²) in [6.45, 7) is 2.85. The molecule has 1 fully saturated rings. The SMILES string of the molecule is Cc1cc(Nc2ncnc3cnc(N(C)[C@@H]4CNC[C@@H]4F)nc23)ccc1Oc1ccc2c(c1)ncn2C. The maximum Gasteiger partial charge on any atom is 0.226 e. The molecule has 5 aromatic rings. The summed E-state index contributed by atoms with van der Waals surface area (Å²) in [5, 5.41) is 6.40. The van der Waals surface area contributed by atoms with Crippen LogP contribution in [0.1, 0.15) is 5.56 Å². The largest absolute Gasteiger partial charge is 0.457 e. The van der Waals surface area contributed by atoms with E-state index in [9.17, 15) is 4.39 Å². The number of rotatable bonds is 6. The van der Waals surface area contributed by atoms with E-state index in [-0.39, 0.29) is 6.04 Å². The molecule has 3 aromatic heterocycles. The van der Waals surface area contributed by atoms with Crippen LogP contribution in [0.5, 0.6) is 11.5 Å². The normalized spacial score (nSPS) is 17.4. The minimum atomic E-state index is -0.983. The number of imidazole rings is 1. The maximum atomic E-state index is 14.3. The molecule has 0 saturated carbocycles. The van der Waals surface area contributed by atoms with Crippen molar-refractivity contribution in [3.63, 3.8) is 0 Å². The van der Waals surface area contributed by atoms with Gasteiger partial charge in [0, 0.05) is 38.9 Å². The highest BCUT2D eigenvalue weighted by Crippen LogP contribution is 2.31. The average molecular weight is 500 g/mol.